The number of hydrogen-bond acceptors (Lipinski definition) is 5. The van der Waals surface area contributed by atoms with Gasteiger partial charge in [-0.3, -0.25) is 14.2 Å². The van der Waals surface area contributed by atoms with E-state index < -0.39 is 0 Å². The fourth-order valence-corrected chi connectivity index (χ4v) is 4.23. The smallest absolute Gasteiger partial charge is 0.224 e. The maximum atomic E-state index is 12.3. The van der Waals surface area contributed by atoms with Gasteiger partial charge in [0.1, 0.15) is 5.82 Å². The monoisotopic (exact) mass is 432 g/mol. The van der Waals surface area contributed by atoms with Gasteiger partial charge in [0.15, 0.2) is 5.82 Å². The van der Waals surface area contributed by atoms with E-state index in [0.29, 0.717) is 30.5 Å². The Morgan fingerprint density at radius 1 is 1.12 bits per heavy atom. The average Bonchev–Trinajstić information content (AvgIpc) is 3.41. The predicted octanol–water partition coefficient (Wildman–Crippen LogP) is 2.67. The van der Waals surface area contributed by atoms with Gasteiger partial charge in [-0.2, -0.15) is 0 Å². The van der Waals surface area contributed by atoms with Gasteiger partial charge in [-0.1, -0.05) is 18.2 Å². The van der Waals surface area contributed by atoms with E-state index in [-0.39, 0.29) is 11.8 Å². The zero-order valence-corrected chi connectivity index (χ0v) is 18.1. The average molecular weight is 433 g/mol. The van der Waals surface area contributed by atoms with Crippen molar-refractivity contribution in [3.05, 3.63) is 48.2 Å². The van der Waals surface area contributed by atoms with Crippen molar-refractivity contribution in [3.8, 4) is 5.82 Å². The largest absolute Gasteiger partial charge is 0.369 e. The van der Waals surface area contributed by atoms with Crippen LogP contribution < -0.4 is 10.6 Å². The molecule has 8 heteroatoms. The number of carbonyl (C=O) groups excluding carboxylic acids is 2. The molecule has 32 heavy (non-hydrogen) atoms. The molecule has 2 amide bonds. The lowest BCUT2D eigenvalue weighted by Gasteiger charge is -2.15. The van der Waals surface area contributed by atoms with Crippen LogP contribution >= 0.6 is 0 Å². The van der Waals surface area contributed by atoms with Gasteiger partial charge in [0, 0.05) is 43.7 Å². The Balaban J connectivity index is 1.24. The summed E-state index contributed by atoms with van der Waals surface area (Å²) < 4.78 is 1.99. The SMILES string of the molecule is O=C(Cc1cn(-c2ccc(NCCCN3CCCC3=O)nn2)c2ccccc12)NC1CC1. The molecule has 0 radical (unpaired) electrons. The van der Waals surface area contributed by atoms with Crippen LogP contribution in [0, 0.1) is 0 Å². The number of fused-ring (bicyclic) bond motifs is 1. The highest BCUT2D eigenvalue weighted by molar-refractivity contribution is 5.90. The molecule has 2 aliphatic rings. The molecular formula is C24H28N6O2. The summed E-state index contributed by atoms with van der Waals surface area (Å²) in [5.41, 5.74) is 1.99. The molecule has 3 heterocycles. The van der Waals surface area contributed by atoms with E-state index in [1.807, 2.05) is 52.1 Å². The van der Waals surface area contributed by atoms with Gasteiger partial charge in [-0.05, 0) is 49.4 Å². The summed E-state index contributed by atoms with van der Waals surface area (Å²) in [5.74, 6) is 1.75. The van der Waals surface area contributed by atoms with Gasteiger partial charge in [-0.25, -0.2) is 0 Å². The van der Waals surface area contributed by atoms with Gasteiger partial charge >= 0.3 is 0 Å². The number of rotatable bonds is 9. The number of nitrogens with one attached hydrogen (secondary N) is 2. The first-order valence-electron chi connectivity index (χ1n) is 11.4. The minimum Gasteiger partial charge on any atom is -0.369 e. The molecule has 3 aromatic rings. The molecule has 1 saturated carbocycles. The normalized spacial score (nSPS) is 16.0. The van der Waals surface area contributed by atoms with Gasteiger partial charge in [0.2, 0.25) is 11.8 Å². The molecule has 0 unspecified atom stereocenters. The number of nitrogens with zero attached hydrogens (tertiary/aromatic N) is 4. The minimum atomic E-state index is 0.0664. The van der Waals surface area contributed by atoms with E-state index >= 15 is 0 Å². The number of amides is 2. The predicted molar refractivity (Wildman–Crippen MR) is 123 cm³/mol. The Bertz CT molecular complexity index is 1120. The van der Waals surface area contributed by atoms with Gasteiger partial charge in [0.05, 0.1) is 11.9 Å². The van der Waals surface area contributed by atoms with Crippen molar-refractivity contribution < 1.29 is 9.59 Å². The number of carbonyl (C=O) groups is 2. The Hall–Kier alpha value is -3.42. The number of benzene rings is 1. The third kappa shape index (κ3) is 4.59. The first kappa shape index (κ1) is 20.5. The second kappa shape index (κ2) is 8.98. The van der Waals surface area contributed by atoms with Crippen molar-refractivity contribution in [2.45, 2.75) is 44.6 Å². The lowest BCUT2D eigenvalue weighted by molar-refractivity contribution is -0.127. The molecule has 2 fully saturated rings. The van der Waals surface area contributed by atoms with Gasteiger partial charge < -0.3 is 15.5 Å². The second-order valence-corrected chi connectivity index (χ2v) is 8.60. The van der Waals surface area contributed by atoms with Gasteiger partial charge in [-0.15, -0.1) is 10.2 Å². The summed E-state index contributed by atoms with van der Waals surface area (Å²) >= 11 is 0. The summed E-state index contributed by atoms with van der Waals surface area (Å²) in [6.07, 6.45) is 7.04. The summed E-state index contributed by atoms with van der Waals surface area (Å²) in [7, 11) is 0. The maximum absolute atomic E-state index is 12.3. The highest BCUT2D eigenvalue weighted by Gasteiger charge is 2.24. The van der Waals surface area contributed by atoms with Crippen LogP contribution in [0.5, 0.6) is 0 Å². The molecule has 166 valence electrons. The van der Waals surface area contributed by atoms with E-state index in [4.69, 9.17) is 0 Å². The van der Waals surface area contributed by atoms with Crippen LogP contribution in [0.2, 0.25) is 0 Å². The van der Waals surface area contributed by atoms with E-state index in [0.717, 1.165) is 61.8 Å². The van der Waals surface area contributed by atoms with Gasteiger partial charge in [0.25, 0.3) is 0 Å². The first-order chi connectivity index (χ1) is 15.7. The third-order valence-electron chi connectivity index (χ3n) is 6.07. The van der Waals surface area contributed by atoms with Crippen LogP contribution in [0.3, 0.4) is 0 Å². The molecule has 1 aromatic carbocycles. The molecule has 0 spiro atoms. The number of hydrogen-bond donors (Lipinski definition) is 2. The van der Waals surface area contributed by atoms with Crippen LogP contribution in [-0.2, 0) is 16.0 Å². The summed E-state index contributed by atoms with van der Waals surface area (Å²) in [6, 6.07) is 12.3. The van der Waals surface area contributed by atoms with Crippen LogP contribution in [0.15, 0.2) is 42.6 Å². The van der Waals surface area contributed by atoms with E-state index in [1.54, 1.807) is 0 Å². The zero-order chi connectivity index (χ0) is 21.9. The molecular weight excluding hydrogens is 404 g/mol. The quantitative estimate of drug-likeness (QED) is 0.507. The fourth-order valence-electron chi connectivity index (χ4n) is 4.23. The van der Waals surface area contributed by atoms with E-state index in [1.165, 1.54) is 0 Å². The fraction of sp³-hybridized carbons (Fsp3) is 0.417. The molecule has 0 bridgehead atoms. The zero-order valence-electron chi connectivity index (χ0n) is 18.1. The Labute approximate surface area is 187 Å². The number of aromatic nitrogens is 3. The molecule has 8 nitrogen and oxygen atoms in total. The number of para-hydroxylation sites is 1. The highest BCUT2D eigenvalue weighted by Crippen LogP contribution is 2.25. The molecule has 2 aromatic heterocycles. The van der Waals surface area contributed by atoms with Crippen molar-refractivity contribution in [2.75, 3.05) is 25.0 Å². The lowest BCUT2D eigenvalue weighted by Crippen LogP contribution is -2.27. The lowest BCUT2D eigenvalue weighted by atomic mass is 10.1. The second-order valence-electron chi connectivity index (χ2n) is 8.60. The number of anilines is 1. The van der Waals surface area contributed by atoms with E-state index in [2.05, 4.69) is 20.8 Å². The van der Waals surface area contributed by atoms with Crippen molar-refractivity contribution in [2.24, 2.45) is 0 Å². The first-order valence-corrected chi connectivity index (χ1v) is 11.4. The highest BCUT2D eigenvalue weighted by atomic mass is 16.2. The summed E-state index contributed by atoms with van der Waals surface area (Å²) in [4.78, 5) is 25.9. The Kier molecular flexibility index (Phi) is 5.75. The summed E-state index contributed by atoms with van der Waals surface area (Å²) in [6.45, 7) is 2.40. The standard InChI is InChI=1S/C24H28N6O2/c31-23(26-18-8-9-18)15-17-16-30(20-6-2-1-5-19(17)20)22-11-10-21(27-28-22)25-12-4-14-29-13-3-7-24(29)32/h1-2,5-6,10-11,16,18H,3-4,7-9,12-15H2,(H,25,27)(H,26,31). The van der Waals surface area contributed by atoms with Crippen LogP contribution in [0.1, 0.15) is 37.7 Å². The molecule has 0 atom stereocenters. The Morgan fingerprint density at radius 2 is 2.00 bits per heavy atom. The van der Waals surface area contributed by atoms with Crippen molar-refractivity contribution in [1.82, 2.24) is 25.0 Å². The molecule has 5 rings (SSSR count). The van der Waals surface area contributed by atoms with Crippen LogP contribution in [-0.4, -0.2) is 57.2 Å². The topological polar surface area (TPSA) is 92.2 Å². The summed E-state index contributed by atoms with van der Waals surface area (Å²) in [5, 5.41) is 16.1. The molecule has 1 aliphatic heterocycles. The van der Waals surface area contributed by atoms with E-state index in [9.17, 15) is 9.59 Å². The van der Waals surface area contributed by atoms with Crippen molar-refractivity contribution >= 4 is 28.5 Å². The molecule has 1 saturated heterocycles. The number of likely N-dealkylation sites (tertiary alicyclic amines) is 1. The molecule has 1 aliphatic carbocycles. The van der Waals surface area contributed by atoms with Crippen LogP contribution in [0.4, 0.5) is 5.82 Å². The van der Waals surface area contributed by atoms with Crippen molar-refractivity contribution in [3.63, 3.8) is 0 Å². The van der Waals surface area contributed by atoms with Crippen LogP contribution in [0.25, 0.3) is 16.7 Å². The van der Waals surface area contributed by atoms with Crippen molar-refractivity contribution in [1.29, 1.82) is 0 Å². The minimum absolute atomic E-state index is 0.0664. The molecule has 2 N–H and O–H groups in total. The third-order valence-corrected chi connectivity index (χ3v) is 6.07. The Morgan fingerprint density at radius 3 is 2.75 bits per heavy atom. The maximum Gasteiger partial charge on any atom is 0.224 e.